The van der Waals surface area contributed by atoms with E-state index in [0.29, 0.717) is 11.9 Å². The molecule has 0 amide bonds. The van der Waals surface area contributed by atoms with Gasteiger partial charge in [0.1, 0.15) is 5.84 Å². The summed E-state index contributed by atoms with van der Waals surface area (Å²) in [6.07, 6.45) is 5.52. The Bertz CT molecular complexity index is 261. The molecular weight excluding hydrogens is 176 g/mol. The second-order valence-electron chi connectivity index (χ2n) is 4.61. The average molecular weight is 194 g/mol. The van der Waals surface area contributed by atoms with Gasteiger partial charge >= 0.3 is 0 Å². The van der Waals surface area contributed by atoms with E-state index in [1.807, 2.05) is 0 Å². The Balaban J connectivity index is 1.81. The molecule has 2 bridgehead atoms. The number of rotatable bonds is 3. The van der Waals surface area contributed by atoms with Crippen molar-refractivity contribution >= 4 is 11.7 Å². The third-order valence-corrected chi connectivity index (χ3v) is 3.46. The lowest BCUT2D eigenvalue weighted by molar-refractivity contribution is 0.389. The van der Waals surface area contributed by atoms with Gasteiger partial charge < -0.3 is 11.1 Å². The molecular formula is C10H18N4. The Kier molecular flexibility index (Phi) is 2.44. The van der Waals surface area contributed by atoms with E-state index in [9.17, 15) is 0 Å². The Morgan fingerprint density at radius 1 is 1.29 bits per heavy atom. The molecule has 2 rings (SSSR count). The molecule has 0 heterocycles. The van der Waals surface area contributed by atoms with Crippen molar-refractivity contribution in [3.63, 3.8) is 0 Å². The number of nitrogens with two attached hydrogens (primary N) is 1. The average Bonchev–Trinajstić information content (AvgIpc) is 2.62. The van der Waals surface area contributed by atoms with Gasteiger partial charge in [-0.25, -0.2) is 0 Å². The SMILES string of the molecule is N=C(N)CC(=N)NC1CC2CCC1C2. The fourth-order valence-electron chi connectivity index (χ4n) is 2.89. The van der Waals surface area contributed by atoms with E-state index in [0.717, 1.165) is 11.8 Å². The quantitative estimate of drug-likeness (QED) is 0.400. The maximum Gasteiger partial charge on any atom is 0.101 e. The minimum absolute atomic E-state index is 0.0747. The maximum absolute atomic E-state index is 7.63. The minimum atomic E-state index is 0.0747. The largest absolute Gasteiger partial charge is 0.387 e. The van der Waals surface area contributed by atoms with Crippen LogP contribution in [-0.4, -0.2) is 17.7 Å². The van der Waals surface area contributed by atoms with Crippen molar-refractivity contribution in [1.82, 2.24) is 5.32 Å². The van der Waals surface area contributed by atoms with Gasteiger partial charge in [0.15, 0.2) is 0 Å². The Hall–Kier alpha value is -1.06. The number of fused-ring (bicyclic) bond motifs is 2. The molecule has 2 fully saturated rings. The number of amidine groups is 2. The lowest BCUT2D eigenvalue weighted by atomic mass is 9.95. The van der Waals surface area contributed by atoms with Gasteiger partial charge in [-0.3, -0.25) is 10.8 Å². The second kappa shape index (κ2) is 3.59. The summed E-state index contributed by atoms with van der Waals surface area (Å²) in [4.78, 5) is 0. The summed E-state index contributed by atoms with van der Waals surface area (Å²) in [7, 11) is 0. The van der Waals surface area contributed by atoms with E-state index in [2.05, 4.69) is 5.32 Å². The molecule has 3 unspecified atom stereocenters. The van der Waals surface area contributed by atoms with E-state index in [4.69, 9.17) is 16.6 Å². The lowest BCUT2D eigenvalue weighted by Gasteiger charge is -2.24. The predicted octanol–water partition coefficient (Wildman–Crippen LogP) is 1.07. The van der Waals surface area contributed by atoms with Crippen LogP contribution >= 0.6 is 0 Å². The third kappa shape index (κ3) is 1.89. The standard InChI is InChI=1S/C10H18N4/c11-9(12)5-10(13)14-8-4-6-1-2-7(8)3-6/h6-8H,1-5H2,(H3,11,12)(H2,13,14). The van der Waals surface area contributed by atoms with Gasteiger partial charge in [-0.2, -0.15) is 0 Å². The van der Waals surface area contributed by atoms with Crippen molar-refractivity contribution in [3.05, 3.63) is 0 Å². The number of hydrogen-bond acceptors (Lipinski definition) is 2. The molecule has 2 aliphatic carbocycles. The summed E-state index contributed by atoms with van der Waals surface area (Å²) >= 11 is 0. The summed E-state index contributed by atoms with van der Waals surface area (Å²) in [5.41, 5.74) is 5.25. The fraction of sp³-hybridized carbons (Fsp3) is 0.800. The highest BCUT2D eigenvalue weighted by molar-refractivity contribution is 5.98. The minimum Gasteiger partial charge on any atom is -0.387 e. The van der Waals surface area contributed by atoms with Crippen LogP contribution in [0.2, 0.25) is 0 Å². The van der Waals surface area contributed by atoms with Gasteiger partial charge in [0.25, 0.3) is 0 Å². The molecule has 0 aromatic carbocycles. The van der Waals surface area contributed by atoms with Gasteiger partial charge in [-0.15, -0.1) is 0 Å². The summed E-state index contributed by atoms with van der Waals surface area (Å²) in [6, 6.07) is 0.487. The predicted molar refractivity (Wildman–Crippen MR) is 56.6 cm³/mol. The summed E-state index contributed by atoms with van der Waals surface area (Å²) < 4.78 is 0. The first-order valence-corrected chi connectivity index (χ1v) is 5.32. The van der Waals surface area contributed by atoms with Crippen LogP contribution in [-0.2, 0) is 0 Å². The Morgan fingerprint density at radius 2 is 2.07 bits per heavy atom. The van der Waals surface area contributed by atoms with E-state index >= 15 is 0 Å². The van der Waals surface area contributed by atoms with Crippen LogP contribution in [0.15, 0.2) is 0 Å². The van der Waals surface area contributed by atoms with Crippen LogP contribution < -0.4 is 11.1 Å². The zero-order valence-corrected chi connectivity index (χ0v) is 8.34. The molecule has 0 radical (unpaired) electrons. The summed E-state index contributed by atoms with van der Waals surface area (Å²) in [5.74, 6) is 2.15. The molecule has 2 saturated carbocycles. The monoisotopic (exact) mass is 194 g/mol. The molecule has 78 valence electrons. The van der Waals surface area contributed by atoms with E-state index in [1.54, 1.807) is 0 Å². The first kappa shape index (κ1) is 9.49. The lowest BCUT2D eigenvalue weighted by Crippen LogP contribution is -2.39. The van der Waals surface area contributed by atoms with E-state index in [1.165, 1.54) is 25.7 Å². The van der Waals surface area contributed by atoms with Crippen molar-refractivity contribution in [2.45, 2.75) is 38.1 Å². The molecule has 0 spiro atoms. The van der Waals surface area contributed by atoms with Crippen LogP contribution in [0.25, 0.3) is 0 Å². The van der Waals surface area contributed by atoms with Crippen LogP contribution in [0, 0.1) is 22.7 Å². The molecule has 0 aromatic heterocycles. The van der Waals surface area contributed by atoms with E-state index < -0.39 is 0 Å². The fourth-order valence-corrected chi connectivity index (χ4v) is 2.89. The van der Waals surface area contributed by atoms with Crippen molar-refractivity contribution < 1.29 is 0 Å². The van der Waals surface area contributed by atoms with Crippen molar-refractivity contribution in [2.75, 3.05) is 0 Å². The van der Waals surface area contributed by atoms with Crippen molar-refractivity contribution in [2.24, 2.45) is 17.6 Å². The van der Waals surface area contributed by atoms with Crippen LogP contribution in [0.4, 0.5) is 0 Å². The Morgan fingerprint density at radius 3 is 2.57 bits per heavy atom. The highest BCUT2D eigenvalue weighted by Crippen LogP contribution is 2.44. The molecule has 5 N–H and O–H groups in total. The van der Waals surface area contributed by atoms with Crippen LogP contribution in [0.1, 0.15) is 32.1 Å². The third-order valence-electron chi connectivity index (χ3n) is 3.46. The Labute approximate surface area is 84.3 Å². The van der Waals surface area contributed by atoms with Gasteiger partial charge in [0.2, 0.25) is 0 Å². The topological polar surface area (TPSA) is 85.8 Å². The first-order chi connectivity index (χ1) is 6.65. The van der Waals surface area contributed by atoms with Crippen LogP contribution in [0.3, 0.4) is 0 Å². The number of hydrogen-bond donors (Lipinski definition) is 4. The van der Waals surface area contributed by atoms with Gasteiger partial charge in [0, 0.05) is 6.04 Å². The molecule has 4 heteroatoms. The van der Waals surface area contributed by atoms with Crippen LogP contribution in [0.5, 0.6) is 0 Å². The molecule has 0 aliphatic heterocycles. The zero-order chi connectivity index (χ0) is 10.1. The summed E-state index contributed by atoms with van der Waals surface area (Å²) in [5, 5.41) is 17.9. The molecule has 2 aliphatic rings. The highest BCUT2D eigenvalue weighted by atomic mass is 15.0. The second-order valence-corrected chi connectivity index (χ2v) is 4.61. The normalized spacial score (nSPS) is 34.4. The maximum atomic E-state index is 7.63. The van der Waals surface area contributed by atoms with Gasteiger partial charge in [-0.05, 0) is 31.1 Å². The molecule has 0 saturated heterocycles. The summed E-state index contributed by atoms with van der Waals surface area (Å²) in [6.45, 7) is 0. The van der Waals surface area contributed by atoms with Crippen molar-refractivity contribution in [3.8, 4) is 0 Å². The van der Waals surface area contributed by atoms with E-state index in [-0.39, 0.29) is 12.3 Å². The highest BCUT2D eigenvalue weighted by Gasteiger charge is 2.39. The van der Waals surface area contributed by atoms with Gasteiger partial charge in [-0.1, -0.05) is 6.42 Å². The molecule has 0 aromatic rings. The first-order valence-electron chi connectivity index (χ1n) is 5.32. The molecule has 4 nitrogen and oxygen atoms in total. The molecule has 14 heavy (non-hydrogen) atoms. The smallest absolute Gasteiger partial charge is 0.101 e. The van der Waals surface area contributed by atoms with Gasteiger partial charge in [0.05, 0.1) is 12.3 Å². The molecule has 3 atom stereocenters. The van der Waals surface area contributed by atoms with Crippen molar-refractivity contribution in [1.29, 1.82) is 10.8 Å². The zero-order valence-electron chi connectivity index (χ0n) is 8.34. The number of nitrogens with one attached hydrogen (secondary N) is 3.